The summed E-state index contributed by atoms with van der Waals surface area (Å²) in [4.78, 5) is 66.0. The van der Waals surface area contributed by atoms with Crippen molar-refractivity contribution in [1.29, 1.82) is 0 Å². The predicted octanol–water partition coefficient (Wildman–Crippen LogP) is -0.484. The van der Waals surface area contributed by atoms with E-state index < -0.39 is 29.7 Å². The van der Waals surface area contributed by atoms with E-state index in [1.807, 2.05) is 7.05 Å². The van der Waals surface area contributed by atoms with Crippen LogP contribution in [0, 0.1) is 0 Å². The number of thiazole rings is 1. The number of rotatable bonds is 6. The number of nitrogens with zero attached hydrogens (tertiary/aromatic N) is 5. The van der Waals surface area contributed by atoms with E-state index in [9.17, 15) is 19.2 Å². The van der Waals surface area contributed by atoms with Crippen molar-refractivity contribution in [1.82, 2.24) is 35.4 Å². The lowest BCUT2D eigenvalue weighted by Crippen LogP contribution is -2.53. The van der Waals surface area contributed by atoms with Crippen LogP contribution in [-0.4, -0.2) is 88.7 Å². The summed E-state index contributed by atoms with van der Waals surface area (Å²) in [7, 11) is 5.03. The number of carbonyl (C=O) groups is 4. The number of aromatic nitrogens is 3. The number of fused-ring (bicyclic) bond motifs is 1. The van der Waals surface area contributed by atoms with Crippen LogP contribution in [0.1, 0.15) is 20.4 Å². The number of likely N-dealkylation sites (N-methyl/N-ethyl adjacent to an activating group) is 2. The highest BCUT2D eigenvalue weighted by Gasteiger charge is 2.28. The van der Waals surface area contributed by atoms with Crippen molar-refractivity contribution in [2.45, 2.75) is 19.0 Å². The molecular weight excluding hydrogens is 472 g/mol. The van der Waals surface area contributed by atoms with Crippen LogP contribution in [0.4, 0.5) is 5.82 Å². The van der Waals surface area contributed by atoms with Gasteiger partial charge in [-0.2, -0.15) is 0 Å². The molecule has 1 atom stereocenters. The maximum atomic E-state index is 12.8. The van der Waals surface area contributed by atoms with Gasteiger partial charge in [0.25, 0.3) is 5.91 Å². The quantitative estimate of drug-likeness (QED) is 0.455. The molecule has 0 aromatic carbocycles. The molecule has 0 spiro atoms. The van der Waals surface area contributed by atoms with Crippen molar-refractivity contribution >= 4 is 52.4 Å². The molecule has 12 nitrogen and oxygen atoms in total. The van der Waals surface area contributed by atoms with Gasteiger partial charge >= 0.3 is 11.8 Å². The van der Waals surface area contributed by atoms with Gasteiger partial charge in [-0.3, -0.25) is 19.2 Å². The van der Waals surface area contributed by atoms with Crippen LogP contribution in [0.5, 0.6) is 0 Å². The zero-order valence-corrected chi connectivity index (χ0v) is 19.8. The summed E-state index contributed by atoms with van der Waals surface area (Å²) in [6.45, 7) is 1.27. The second-order valence-corrected chi connectivity index (χ2v) is 8.99. The second kappa shape index (κ2) is 10.6. The lowest BCUT2D eigenvalue weighted by atomic mass is 10.2. The van der Waals surface area contributed by atoms with Gasteiger partial charge in [-0.15, -0.1) is 11.3 Å². The van der Waals surface area contributed by atoms with E-state index in [4.69, 9.17) is 11.6 Å². The number of hydrogen-bond acceptors (Lipinski definition) is 9. The van der Waals surface area contributed by atoms with Gasteiger partial charge in [0.05, 0.1) is 18.1 Å². The van der Waals surface area contributed by atoms with Gasteiger partial charge < -0.3 is 25.8 Å². The van der Waals surface area contributed by atoms with Crippen molar-refractivity contribution in [2.24, 2.45) is 0 Å². The van der Waals surface area contributed by atoms with Crippen LogP contribution in [0.15, 0.2) is 12.4 Å². The van der Waals surface area contributed by atoms with Gasteiger partial charge in [-0.1, -0.05) is 11.6 Å². The molecule has 0 saturated heterocycles. The minimum atomic E-state index is -1.09. The Bertz CT molecular complexity index is 1060. The van der Waals surface area contributed by atoms with E-state index in [1.54, 1.807) is 0 Å². The first kappa shape index (κ1) is 24.5. The van der Waals surface area contributed by atoms with Crippen molar-refractivity contribution in [3.05, 3.63) is 33.1 Å². The number of nitrogens with one attached hydrogen (secondary N) is 3. The molecular formula is C19H23ClN8O4S. The Balaban J connectivity index is 1.62. The molecule has 1 aliphatic heterocycles. The Morgan fingerprint density at radius 1 is 1.21 bits per heavy atom. The Morgan fingerprint density at radius 2 is 1.97 bits per heavy atom. The Morgan fingerprint density at radius 3 is 2.64 bits per heavy atom. The van der Waals surface area contributed by atoms with Crippen LogP contribution < -0.4 is 16.0 Å². The van der Waals surface area contributed by atoms with Crippen LogP contribution in [0.25, 0.3) is 0 Å². The summed E-state index contributed by atoms with van der Waals surface area (Å²) in [5, 5.41) is 7.60. The fourth-order valence-corrected chi connectivity index (χ4v) is 4.17. The van der Waals surface area contributed by atoms with Gasteiger partial charge in [0.15, 0.2) is 10.8 Å². The van der Waals surface area contributed by atoms with E-state index in [0.717, 1.165) is 23.5 Å². The highest BCUT2D eigenvalue weighted by atomic mass is 35.5. The van der Waals surface area contributed by atoms with E-state index in [-0.39, 0.29) is 22.5 Å². The molecule has 1 aliphatic rings. The molecule has 0 aliphatic carbocycles. The van der Waals surface area contributed by atoms with Gasteiger partial charge in [0.2, 0.25) is 5.91 Å². The largest absolute Gasteiger partial charge is 0.347 e. The van der Waals surface area contributed by atoms with Crippen molar-refractivity contribution in [3.8, 4) is 0 Å². The van der Waals surface area contributed by atoms with Crippen molar-refractivity contribution in [3.63, 3.8) is 0 Å². The smallest absolute Gasteiger partial charge is 0.314 e. The van der Waals surface area contributed by atoms with Crippen LogP contribution in [-0.2, 0) is 27.3 Å². The number of carbonyl (C=O) groups excluding carboxylic acids is 4. The lowest BCUT2D eigenvalue weighted by Gasteiger charge is -2.21. The molecule has 3 rings (SSSR count). The van der Waals surface area contributed by atoms with Crippen LogP contribution in [0.3, 0.4) is 0 Å². The minimum absolute atomic E-state index is 0.0344. The fraction of sp³-hybridized carbons (Fsp3) is 0.421. The molecule has 2 aromatic rings. The maximum Gasteiger partial charge on any atom is 0.314 e. The first-order valence-corrected chi connectivity index (χ1v) is 11.1. The van der Waals surface area contributed by atoms with Crippen molar-refractivity contribution < 1.29 is 19.2 Å². The molecule has 0 radical (unpaired) electrons. The first-order chi connectivity index (χ1) is 15.6. The minimum Gasteiger partial charge on any atom is -0.347 e. The molecule has 176 valence electrons. The van der Waals surface area contributed by atoms with Gasteiger partial charge in [0.1, 0.15) is 11.2 Å². The summed E-state index contributed by atoms with van der Waals surface area (Å²) >= 11 is 6.91. The standard InChI is InChI=1S/C19H23ClN8O4S/c1-27(2)19(32)11(6-23-15(29)16(30)26-14-8-21-13(20)7-22-14)24-17(31)18-25-10-4-5-28(3)9-12(10)33-18/h7-8,11H,4-6,9H2,1-3H3,(H,23,29)(H,24,31)(H,22,26,30). The third kappa shape index (κ3) is 6.43. The summed E-state index contributed by atoms with van der Waals surface area (Å²) in [6.07, 6.45) is 3.15. The molecule has 1 unspecified atom stereocenters. The number of hydrogen-bond donors (Lipinski definition) is 3. The molecule has 33 heavy (non-hydrogen) atoms. The Hall–Kier alpha value is -3.16. The topological polar surface area (TPSA) is 150 Å². The molecule has 4 amide bonds. The molecule has 2 aromatic heterocycles. The van der Waals surface area contributed by atoms with E-state index >= 15 is 0 Å². The second-order valence-electron chi connectivity index (χ2n) is 7.52. The molecule has 0 fully saturated rings. The molecule has 3 N–H and O–H groups in total. The van der Waals surface area contributed by atoms with E-state index in [1.165, 1.54) is 42.7 Å². The van der Waals surface area contributed by atoms with E-state index in [2.05, 4.69) is 35.8 Å². The average Bonchev–Trinajstić information content (AvgIpc) is 3.20. The van der Waals surface area contributed by atoms with Gasteiger partial charge in [-0.05, 0) is 7.05 Å². The fourth-order valence-electron chi connectivity index (χ4n) is 2.98. The highest BCUT2D eigenvalue weighted by Crippen LogP contribution is 2.24. The Kier molecular flexibility index (Phi) is 7.89. The maximum absolute atomic E-state index is 12.8. The number of anilines is 1. The average molecular weight is 495 g/mol. The van der Waals surface area contributed by atoms with Crippen molar-refractivity contribution in [2.75, 3.05) is 39.5 Å². The summed E-state index contributed by atoms with van der Waals surface area (Å²) < 4.78 is 0. The summed E-state index contributed by atoms with van der Waals surface area (Å²) in [5.41, 5.74) is 0.883. The molecule has 0 saturated carbocycles. The third-order valence-corrected chi connectivity index (χ3v) is 5.97. The molecule has 14 heteroatoms. The number of amides is 4. The molecule has 0 bridgehead atoms. The monoisotopic (exact) mass is 494 g/mol. The zero-order chi connectivity index (χ0) is 24.1. The van der Waals surface area contributed by atoms with Gasteiger partial charge in [0, 0.05) is 45.0 Å². The molecule has 3 heterocycles. The van der Waals surface area contributed by atoms with Gasteiger partial charge in [-0.25, -0.2) is 15.0 Å². The summed E-state index contributed by atoms with van der Waals surface area (Å²) in [6, 6.07) is -1.09. The lowest BCUT2D eigenvalue weighted by molar-refractivity contribution is -0.136. The van der Waals surface area contributed by atoms with Crippen LogP contribution >= 0.6 is 22.9 Å². The summed E-state index contributed by atoms with van der Waals surface area (Å²) in [5.74, 6) is -2.95. The SMILES string of the molecule is CN1CCc2nc(C(=O)NC(CNC(=O)C(=O)Nc3cnc(Cl)cn3)C(=O)N(C)C)sc2C1. The number of halogens is 1. The Labute approximate surface area is 198 Å². The third-order valence-electron chi connectivity index (χ3n) is 4.70. The highest BCUT2D eigenvalue weighted by molar-refractivity contribution is 7.13. The van der Waals surface area contributed by atoms with E-state index in [0.29, 0.717) is 6.54 Å². The normalized spacial score (nSPS) is 14.1. The zero-order valence-electron chi connectivity index (χ0n) is 18.2. The predicted molar refractivity (Wildman–Crippen MR) is 121 cm³/mol. The van der Waals surface area contributed by atoms with Crippen LogP contribution in [0.2, 0.25) is 5.15 Å². The first-order valence-electron chi connectivity index (χ1n) is 9.90.